The molecular formula is C20H20N6O2S3. The zero-order chi connectivity index (χ0) is 22.4. The summed E-state index contributed by atoms with van der Waals surface area (Å²) in [7, 11) is 0. The van der Waals surface area contributed by atoms with Crippen LogP contribution in [0.25, 0.3) is 0 Å². The number of rotatable bonds is 9. The van der Waals surface area contributed by atoms with Crippen molar-refractivity contribution in [2.24, 2.45) is 5.73 Å². The molecule has 160 valence electrons. The molecule has 3 aromatic rings. The number of nitrogens with zero attached hydrogens (tertiary/aromatic N) is 4. The molecule has 8 nitrogen and oxygen atoms in total. The van der Waals surface area contributed by atoms with Gasteiger partial charge in [-0.05, 0) is 25.0 Å². The molecule has 0 saturated heterocycles. The molecule has 0 fully saturated rings. The quantitative estimate of drug-likeness (QED) is 0.458. The number of carbonyl (C=O) groups is 2. The first-order valence-corrected chi connectivity index (χ1v) is 12.0. The van der Waals surface area contributed by atoms with E-state index in [1.807, 2.05) is 48.7 Å². The summed E-state index contributed by atoms with van der Waals surface area (Å²) in [6.45, 7) is 4.37. The zero-order valence-corrected chi connectivity index (χ0v) is 19.4. The number of anilines is 1. The zero-order valence-electron chi connectivity index (χ0n) is 16.9. The first-order valence-electron chi connectivity index (χ1n) is 9.20. The van der Waals surface area contributed by atoms with Crippen molar-refractivity contribution in [1.29, 1.82) is 5.26 Å². The lowest BCUT2D eigenvalue weighted by atomic mass is 10.2. The molecule has 1 aromatic carbocycles. The maximum Gasteiger partial charge on any atom is 0.235 e. The smallest absolute Gasteiger partial charge is 0.235 e. The predicted molar refractivity (Wildman–Crippen MR) is 123 cm³/mol. The normalized spacial score (nSPS) is 10.6. The fraction of sp³-hybridized carbons (Fsp3) is 0.250. The first-order chi connectivity index (χ1) is 14.9. The van der Waals surface area contributed by atoms with Crippen molar-refractivity contribution in [3.05, 3.63) is 52.7 Å². The van der Waals surface area contributed by atoms with Crippen LogP contribution in [-0.4, -0.2) is 38.1 Å². The number of benzene rings is 1. The number of primary amides is 1. The number of aromatic nitrogens is 3. The summed E-state index contributed by atoms with van der Waals surface area (Å²) in [5, 5.41) is 20.5. The van der Waals surface area contributed by atoms with Crippen LogP contribution in [-0.2, 0) is 16.1 Å². The largest absolute Gasteiger partial charge is 0.369 e. The van der Waals surface area contributed by atoms with Gasteiger partial charge in [0.1, 0.15) is 11.9 Å². The lowest BCUT2D eigenvalue weighted by molar-refractivity contribution is -0.115. The molecule has 3 N–H and O–H groups in total. The summed E-state index contributed by atoms with van der Waals surface area (Å²) < 4.78 is 3.20. The SMILES string of the molecule is Cc1c(C#N)c(NC(=O)CSc2nnc(SCC(N)=O)s2)n(Cc2ccccc2)c1C. The number of carbonyl (C=O) groups excluding carboxylic acids is 2. The van der Waals surface area contributed by atoms with Gasteiger partial charge in [-0.3, -0.25) is 9.59 Å². The highest BCUT2D eigenvalue weighted by molar-refractivity contribution is 8.03. The lowest BCUT2D eigenvalue weighted by Crippen LogP contribution is -2.18. The molecule has 0 bridgehead atoms. The maximum atomic E-state index is 12.6. The van der Waals surface area contributed by atoms with Gasteiger partial charge in [0.15, 0.2) is 8.68 Å². The Hall–Kier alpha value is -2.81. The number of thioether (sulfide) groups is 2. The molecule has 11 heteroatoms. The number of nitriles is 1. The third-order valence-electron chi connectivity index (χ3n) is 4.44. The van der Waals surface area contributed by atoms with Crippen LogP contribution in [0.1, 0.15) is 22.4 Å². The Labute approximate surface area is 192 Å². The van der Waals surface area contributed by atoms with E-state index in [1.54, 1.807) is 0 Å². The summed E-state index contributed by atoms with van der Waals surface area (Å²) >= 11 is 3.76. The van der Waals surface area contributed by atoms with Crippen LogP contribution in [0, 0.1) is 25.2 Å². The standard InChI is InChI=1S/C20H20N6O2S3/c1-12-13(2)26(9-14-6-4-3-5-7-14)18(15(12)8-21)23-17(28)11-30-20-25-24-19(31-20)29-10-16(22)27/h3-7H,9-11H2,1-2H3,(H2,22,27)(H,23,28). The Morgan fingerprint density at radius 3 is 2.42 bits per heavy atom. The van der Waals surface area contributed by atoms with Crippen molar-refractivity contribution >= 4 is 52.5 Å². The van der Waals surface area contributed by atoms with Crippen molar-refractivity contribution in [3.63, 3.8) is 0 Å². The van der Waals surface area contributed by atoms with Crippen LogP contribution in [0.2, 0.25) is 0 Å². The van der Waals surface area contributed by atoms with Gasteiger partial charge < -0.3 is 15.6 Å². The van der Waals surface area contributed by atoms with Gasteiger partial charge in [0.2, 0.25) is 11.8 Å². The minimum atomic E-state index is -0.425. The molecule has 2 heterocycles. The number of hydrogen-bond donors (Lipinski definition) is 2. The first kappa shape index (κ1) is 22.9. The van der Waals surface area contributed by atoms with Gasteiger partial charge >= 0.3 is 0 Å². The second-order valence-corrected chi connectivity index (χ2v) is 9.97. The minimum Gasteiger partial charge on any atom is -0.369 e. The van der Waals surface area contributed by atoms with Gasteiger partial charge in [-0.2, -0.15) is 5.26 Å². The van der Waals surface area contributed by atoms with E-state index in [1.165, 1.54) is 34.9 Å². The molecule has 0 aliphatic rings. The fourth-order valence-corrected chi connectivity index (χ4v) is 5.40. The van der Waals surface area contributed by atoms with Gasteiger partial charge in [-0.25, -0.2) is 0 Å². The van der Waals surface area contributed by atoms with E-state index in [0.29, 0.717) is 26.6 Å². The summed E-state index contributed by atoms with van der Waals surface area (Å²) in [6.07, 6.45) is 0. The van der Waals surface area contributed by atoms with Crippen LogP contribution in [0.5, 0.6) is 0 Å². The summed E-state index contributed by atoms with van der Waals surface area (Å²) in [6, 6.07) is 12.1. The van der Waals surface area contributed by atoms with Crippen molar-refractivity contribution in [2.45, 2.75) is 29.1 Å². The topological polar surface area (TPSA) is 127 Å². The Morgan fingerprint density at radius 1 is 1.16 bits per heavy atom. The van der Waals surface area contributed by atoms with Crippen LogP contribution in [0.15, 0.2) is 39.0 Å². The monoisotopic (exact) mass is 472 g/mol. The molecule has 0 spiro atoms. The number of hydrogen-bond acceptors (Lipinski definition) is 8. The second kappa shape index (κ2) is 10.5. The molecule has 2 aromatic heterocycles. The van der Waals surface area contributed by atoms with E-state index >= 15 is 0 Å². The molecule has 0 aliphatic carbocycles. The second-order valence-electron chi connectivity index (χ2n) is 6.54. The lowest BCUT2D eigenvalue weighted by Gasteiger charge is -2.13. The highest BCUT2D eigenvalue weighted by Crippen LogP contribution is 2.30. The Kier molecular flexibility index (Phi) is 7.73. The van der Waals surface area contributed by atoms with E-state index < -0.39 is 5.91 Å². The van der Waals surface area contributed by atoms with Gasteiger partial charge in [0, 0.05) is 12.2 Å². The van der Waals surface area contributed by atoms with Crippen LogP contribution < -0.4 is 11.1 Å². The molecular weight excluding hydrogens is 452 g/mol. The third-order valence-corrected chi connectivity index (χ3v) is 7.65. The van der Waals surface area contributed by atoms with Crippen molar-refractivity contribution in [3.8, 4) is 6.07 Å². The number of nitrogens with two attached hydrogens (primary N) is 1. The molecule has 31 heavy (non-hydrogen) atoms. The van der Waals surface area contributed by atoms with E-state index in [0.717, 1.165) is 16.8 Å². The van der Waals surface area contributed by atoms with Crippen molar-refractivity contribution in [1.82, 2.24) is 14.8 Å². The predicted octanol–water partition coefficient (Wildman–Crippen LogP) is 3.18. The summed E-state index contributed by atoms with van der Waals surface area (Å²) in [5.41, 5.74) is 8.45. The van der Waals surface area contributed by atoms with Crippen molar-refractivity contribution in [2.75, 3.05) is 16.8 Å². The molecule has 3 rings (SSSR count). The van der Waals surface area contributed by atoms with E-state index in [2.05, 4.69) is 21.6 Å². The molecule has 0 atom stereocenters. The fourth-order valence-electron chi connectivity index (χ4n) is 2.84. The molecule has 0 aliphatic heterocycles. The number of amides is 2. The highest BCUT2D eigenvalue weighted by atomic mass is 32.2. The average molecular weight is 473 g/mol. The van der Waals surface area contributed by atoms with Gasteiger partial charge in [-0.15, -0.1) is 10.2 Å². The molecule has 0 unspecified atom stereocenters. The third kappa shape index (κ3) is 5.88. The maximum absolute atomic E-state index is 12.6. The van der Waals surface area contributed by atoms with Crippen LogP contribution >= 0.6 is 34.9 Å². The summed E-state index contributed by atoms with van der Waals surface area (Å²) in [4.78, 5) is 23.5. The van der Waals surface area contributed by atoms with Crippen LogP contribution in [0.4, 0.5) is 5.82 Å². The van der Waals surface area contributed by atoms with E-state index in [4.69, 9.17) is 5.73 Å². The Balaban J connectivity index is 1.70. The minimum absolute atomic E-state index is 0.120. The average Bonchev–Trinajstić information content (AvgIpc) is 3.30. The number of nitrogens with one attached hydrogen (secondary N) is 1. The molecule has 0 radical (unpaired) electrons. The highest BCUT2D eigenvalue weighted by Gasteiger charge is 2.20. The molecule has 2 amide bonds. The van der Waals surface area contributed by atoms with Gasteiger partial charge in [0.05, 0.1) is 17.1 Å². The Bertz CT molecular complexity index is 1130. The van der Waals surface area contributed by atoms with Gasteiger partial charge in [0.25, 0.3) is 0 Å². The van der Waals surface area contributed by atoms with Gasteiger partial charge in [-0.1, -0.05) is 65.2 Å². The Morgan fingerprint density at radius 2 is 1.81 bits per heavy atom. The van der Waals surface area contributed by atoms with E-state index in [-0.39, 0.29) is 17.4 Å². The van der Waals surface area contributed by atoms with Crippen molar-refractivity contribution < 1.29 is 9.59 Å². The van der Waals surface area contributed by atoms with E-state index in [9.17, 15) is 14.9 Å². The molecule has 0 saturated carbocycles. The summed E-state index contributed by atoms with van der Waals surface area (Å²) in [5.74, 6) is 0.0885. The van der Waals surface area contributed by atoms with Crippen LogP contribution in [0.3, 0.4) is 0 Å².